The number of esters is 2. The number of rotatable bonds is 6. The summed E-state index contributed by atoms with van der Waals surface area (Å²) in [6.45, 7) is 7.47. The van der Waals surface area contributed by atoms with Gasteiger partial charge < -0.3 is 20.3 Å². The first kappa shape index (κ1) is 23.4. The number of hydrogen-bond acceptors (Lipinski definition) is 6. The van der Waals surface area contributed by atoms with E-state index in [1.165, 1.54) is 12.1 Å². The molecule has 1 atom stereocenters. The van der Waals surface area contributed by atoms with Crippen LogP contribution >= 0.6 is 31.9 Å². The average molecular weight is 529 g/mol. The van der Waals surface area contributed by atoms with E-state index in [0.717, 1.165) is 5.56 Å². The lowest BCUT2D eigenvalue weighted by Crippen LogP contribution is -2.38. The number of halogens is 2. The first-order chi connectivity index (χ1) is 13.5. The van der Waals surface area contributed by atoms with Crippen molar-refractivity contribution in [3.63, 3.8) is 0 Å². The quantitative estimate of drug-likeness (QED) is 0.379. The molecule has 0 spiro atoms. The van der Waals surface area contributed by atoms with Gasteiger partial charge in [-0.1, -0.05) is 27.7 Å². The molecule has 6 nitrogen and oxygen atoms in total. The molecule has 0 bridgehead atoms. The molecule has 0 aliphatic carbocycles. The van der Waals surface area contributed by atoms with Crippen LogP contribution in [0.3, 0.4) is 0 Å². The predicted octanol–water partition coefficient (Wildman–Crippen LogP) is 5.50. The molecule has 0 saturated carbocycles. The summed E-state index contributed by atoms with van der Waals surface area (Å²) in [6.07, 6.45) is 0. The first-order valence-corrected chi connectivity index (χ1v) is 10.6. The molecule has 2 rings (SSSR count). The van der Waals surface area contributed by atoms with Crippen molar-refractivity contribution in [1.82, 2.24) is 0 Å². The Morgan fingerprint density at radius 2 is 1.62 bits per heavy atom. The standard InChI is InChI=1S/C21H23Br2NO5/c1-10(2)14-9-13(5-6-17(14)25)28-19-15(22)7-12(8-16(19)23)20(26)29-21(27)18(24)11(3)4/h5-11,18,25H,24H2,1-4H3/t18-/m0/s1. The van der Waals surface area contributed by atoms with E-state index in [1.807, 2.05) is 13.8 Å². The van der Waals surface area contributed by atoms with Crippen LogP contribution < -0.4 is 10.5 Å². The molecule has 0 aliphatic heterocycles. The van der Waals surface area contributed by atoms with Crippen LogP contribution in [-0.2, 0) is 9.53 Å². The molecule has 0 saturated heterocycles. The molecule has 0 unspecified atom stereocenters. The summed E-state index contributed by atoms with van der Waals surface area (Å²) in [5.74, 6) is -0.433. The maximum Gasteiger partial charge on any atom is 0.345 e. The molecule has 0 amide bonds. The van der Waals surface area contributed by atoms with Gasteiger partial charge in [0.1, 0.15) is 17.5 Å². The third kappa shape index (κ3) is 5.81. The van der Waals surface area contributed by atoms with Crippen LogP contribution in [0.2, 0.25) is 0 Å². The van der Waals surface area contributed by atoms with Gasteiger partial charge in [0.05, 0.1) is 14.5 Å². The van der Waals surface area contributed by atoms with E-state index < -0.39 is 18.0 Å². The molecule has 0 aliphatic rings. The number of benzene rings is 2. The highest BCUT2D eigenvalue weighted by atomic mass is 79.9. The number of aromatic hydroxyl groups is 1. The zero-order valence-corrected chi connectivity index (χ0v) is 19.7. The second-order valence-corrected chi connectivity index (χ2v) is 8.93. The minimum absolute atomic E-state index is 0.123. The van der Waals surface area contributed by atoms with Gasteiger partial charge in [-0.15, -0.1) is 0 Å². The summed E-state index contributed by atoms with van der Waals surface area (Å²) in [5.41, 5.74) is 6.64. The summed E-state index contributed by atoms with van der Waals surface area (Å²) < 4.78 is 11.8. The highest BCUT2D eigenvalue weighted by Gasteiger charge is 2.24. The lowest BCUT2D eigenvalue weighted by molar-refractivity contribution is -0.140. The van der Waals surface area contributed by atoms with Crippen molar-refractivity contribution in [2.75, 3.05) is 0 Å². The topological polar surface area (TPSA) is 98.9 Å². The van der Waals surface area contributed by atoms with E-state index in [9.17, 15) is 14.7 Å². The number of carbonyl (C=O) groups is 2. The molecule has 2 aromatic carbocycles. The van der Waals surface area contributed by atoms with Gasteiger partial charge in [0, 0.05) is 5.56 Å². The van der Waals surface area contributed by atoms with Crippen LogP contribution in [0.15, 0.2) is 39.3 Å². The fourth-order valence-electron chi connectivity index (χ4n) is 2.44. The SMILES string of the molecule is CC(C)c1cc(Oc2c(Br)cc(C(=O)OC(=O)[C@@H](N)C(C)C)cc2Br)ccc1O. The molecular weight excluding hydrogens is 506 g/mol. The van der Waals surface area contributed by atoms with Crippen LogP contribution in [0, 0.1) is 5.92 Å². The Kier molecular flexibility index (Phi) is 7.85. The third-order valence-electron chi connectivity index (χ3n) is 4.26. The Morgan fingerprint density at radius 3 is 2.14 bits per heavy atom. The molecule has 156 valence electrons. The Morgan fingerprint density at radius 1 is 1.03 bits per heavy atom. The van der Waals surface area contributed by atoms with Crippen LogP contribution in [0.4, 0.5) is 0 Å². The maximum atomic E-state index is 12.3. The van der Waals surface area contributed by atoms with Crippen molar-refractivity contribution in [2.24, 2.45) is 11.7 Å². The van der Waals surface area contributed by atoms with E-state index in [4.69, 9.17) is 15.2 Å². The number of nitrogens with two attached hydrogens (primary N) is 1. The fraction of sp³-hybridized carbons (Fsp3) is 0.333. The largest absolute Gasteiger partial charge is 0.508 e. The van der Waals surface area contributed by atoms with Gasteiger partial charge in [0.15, 0.2) is 5.75 Å². The van der Waals surface area contributed by atoms with E-state index in [1.54, 1.807) is 32.0 Å². The highest BCUT2D eigenvalue weighted by molar-refractivity contribution is 9.11. The lowest BCUT2D eigenvalue weighted by atomic mass is 10.0. The summed E-state index contributed by atoms with van der Waals surface area (Å²) in [6, 6.07) is 7.10. The summed E-state index contributed by atoms with van der Waals surface area (Å²) in [4.78, 5) is 24.2. The maximum absolute atomic E-state index is 12.3. The Hall–Kier alpha value is -1.90. The number of carbonyl (C=O) groups excluding carboxylic acids is 2. The lowest BCUT2D eigenvalue weighted by Gasteiger charge is -2.15. The fourth-order valence-corrected chi connectivity index (χ4v) is 3.79. The van der Waals surface area contributed by atoms with Gasteiger partial charge in [0.2, 0.25) is 0 Å². The summed E-state index contributed by atoms with van der Waals surface area (Å²) in [7, 11) is 0. The molecule has 0 fully saturated rings. The zero-order chi connectivity index (χ0) is 21.9. The van der Waals surface area contributed by atoms with Crippen LogP contribution in [0.25, 0.3) is 0 Å². The normalized spacial score (nSPS) is 12.2. The number of hydrogen-bond donors (Lipinski definition) is 2. The van der Waals surface area contributed by atoms with Gasteiger partial charge in [-0.05, 0) is 74.0 Å². The second kappa shape index (κ2) is 9.73. The van der Waals surface area contributed by atoms with E-state index in [0.29, 0.717) is 20.4 Å². The smallest absolute Gasteiger partial charge is 0.345 e. The van der Waals surface area contributed by atoms with Gasteiger partial charge in [0.25, 0.3) is 0 Å². The van der Waals surface area contributed by atoms with Crippen molar-refractivity contribution in [3.05, 3.63) is 50.4 Å². The van der Waals surface area contributed by atoms with Crippen molar-refractivity contribution in [3.8, 4) is 17.2 Å². The van der Waals surface area contributed by atoms with E-state index in [-0.39, 0.29) is 23.1 Å². The van der Waals surface area contributed by atoms with Gasteiger partial charge in [-0.3, -0.25) is 0 Å². The monoisotopic (exact) mass is 527 g/mol. The highest BCUT2D eigenvalue weighted by Crippen LogP contribution is 2.39. The van der Waals surface area contributed by atoms with E-state index in [2.05, 4.69) is 31.9 Å². The van der Waals surface area contributed by atoms with Crippen LogP contribution in [0.5, 0.6) is 17.2 Å². The van der Waals surface area contributed by atoms with Gasteiger partial charge in [-0.2, -0.15) is 0 Å². The average Bonchev–Trinajstić information content (AvgIpc) is 2.64. The third-order valence-corrected chi connectivity index (χ3v) is 5.44. The molecule has 29 heavy (non-hydrogen) atoms. The molecule has 8 heteroatoms. The van der Waals surface area contributed by atoms with E-state index >= 15 is 0 Å². The summed E-state index contributed by atoms with van der Waals surface area (Å²) in [5, 5.41) is 9.96. The number of phenols is 1. The van der Waals surface area contributed by atoms with Crippen molar-refractivity contribution >= 4 is 43.8 Å². The Bertz CT molecular complexity index is 904. The molecule has 3 N–H and O–H groups in total. The molecular formula is C21H23Br2NO5. The number of ether oxygens (including phenoxy) is 2. The molecule has 0 radical (unpaired) electrons. The minimum Gasteiger partial charge on any atom is -0.508 e. The van der Waals surface area contributed by atoms with Gasteiger partial charge in [-0.25, -0.2) is 9.59 Å². The minimum atomic E-state index is -0.877. The molecule has 2 aromatic rings. The Balaban J connectivity index is 2.25. The first-order valence-electron chi connectivity index (χ1n) is 9.02. The van der Waals surface area contributed by atoms with Crippen LogP contribution in [-0.4, -0.2) is 23.1 Å². The second-order valence-electron chi connectivity index (χ2n) is 7.22. The molecule has 0 aromatic heterocycles. The molecule has 0 heterocycles. The van der Waals surface area contributed by atoms with Crippen LogP contribution in [0.1, 0.15) is 49.5 Å². The van der Waals surface area contributed by atoms with Crippen molar-refractivity contribution in [2.45, 2.75) is 39.7 Å². The predicted molar refractivity (Wildman–Crippen MR) is 117 cm³/mol. The zero-order valence-electron chi connectivity index (χ0n) is 16.5. The van der Waals surface area contributed by atoms with Gasteiger partial charge >= 0.3 is 11.9 Å². The number of phenolic OH excluding ortho intramolecular Hbond substituents is 1. The van der Waals surface area contributed by atoms with Crippen molar-refractivity contribution in [1.29, 1.82) is 0 Å². The Labute approximate surface area is 186 Å². The van der Waals surface area contributed by atoms with Crippen molar-refractivity contribution < 1.29 is 24.2 Å². The summed E-state index contributed by atoms with van der Waals surface area (Å²) >= 11 is 6.76.